The molecule has 0 saturated carbocycles. The minimum atomic E-state index is -1.24. The lowest BCUT2D eigenvalue weighted by Crippen LogP contribution is -2.42. The Morgan fingerprint density at radius 1 is 1.24 bits per heavy atom. The molecule has 1 heterocycles. The lowest BCUT2D eigenvalue weighted by molar-refractivity contribution is -0.149. The lowest BCUT2D eigenvalue weighted by atomic mass is 9.95. The Hall–Kier alpha value is -2.38. The standard InChI is InChI=1S/C13H18N2O6/c1-5-21-12(19)8(6-9(16)17)10-7(2)14(3)13(20)15(4)11(10)18/h8H,5-6H2,1-4H3,(H,16,17). The molecule has 0 fully saturated rings. The topological polar surface area (TPSA) is 108 Å². The molecule has 8 nitrogen and oxygen atoms in total. The van der Waals surface area contributed by atoms with E-state index in [1.807, 2.05) is 0 Å². The zero-order valence-electron chi connectivity index (χ0n) is 12.4. The van der Waals surface area contributed by atoms with Crippen molar-refractivity contribution < 1.29 is 19.4 Å². The second-order valence-electron chi connectivity index (χ2n) is 4.61. The normalized spacial score (nSPS) is 12.0. The first-order valence-corrected chi connectivity index (χ1v) is 6.37. The summed E-state index contributed by atoms with van der Waals surface area (Å²) in [6.45, 7) is 3.15. The van der Waals surface area contributed by atoms with Gasteiger partial charge in [0.2, 0.25) is 0 Å². The van der Waals surface area contributed by atoms with Gasteiger partial charge in [-0.2, -0.15) is 0 Å². The number of aromatic nitrogens is 2. The summed E-state index contributed by atoms with van der Waals surface area (Å²) in [7, 11) is 2.72. The molecular formula is C13H18N2O6. The first kappa shape index (κ1) is 16.7. The summed E-state index contributed by atoms with van der Waals surface area (Å²) in [6.07, 6.45) is -0.576. The van der Waals surface area contributed by atoms with E-state index in [0.29, 0.717) is 0 Å². The van der Waals surface area contributed by atoms with Gasteiger partial charge in [0.15, 0.2) is 0 Å². The van der Waals surface area contributed by atoms with E-state index in [-0.39, 0.29) is 17.9 Å². The fraction of sp³-hybridized carbons (Fsp3) is 0.538. The molecule has 1 unspecified atom stereocenters. The molecule has 21 heavy (non-hydrogen) atoms. The molecule has 1 N–H and O–H groups in total. The Labute approximate surface area is 120 Å². The highest BCUT2D eigenvalue weighted by Gasteiger charge is 2.31. The van der Waals surface area contributed by atoms with Crippen molar-refractivity contribution in [3.8, 4) is 0 Å². The van der Waals surface area contributed by atoms with Crippen LogP contribution in [0.2, 0.25) is 0 Å². The molecule has 1 atom stereocenters. The molecule has 1 rings (SSSR count). The zero-order chi connectivity index (χ0) is 16.3. The molecular weight excluding hydrogens is 280 g/mol. The molecule has 8 heteroatoms. The molecule has 0 saturated heterocycles. The van der Waals surface area contributed by atoms with Crippen molar-refractivity contribution in [3.05, 3.63) is 32.1 Å². The van der Waals surface area contributed by atoms with Crippen LogP contribution in [0.3, 0.4) is 0 Å². The van der Waals surface area contributed by atoms with Gasteiger partial charge in [0.1, 0.15) is 0 Å². The summed E-state index contributed by atoms with van der Waals surface area (Å²) in [5.41, 5.74) is -1.00. The van der Waals surface area contributed by atoms with E-state index >= 15 is 0 Å². The fourth-order valence-electron chi connectivity index (χ4n) is 2.09. The van der Waals surface area contributed by atoms with Crippen LogP contribution >= 0.6 is 0 Å². The van der Waals surface area contributed by atoms with Crippen LogP contribution in [0.25, 0.3) is 0 Å². The number of carboxylic acid groups (broad SMARTS) is 1. The first-order chi connectivity index (χ1) is 9.72. The molecule has 0 amide bonds. The van der Waals surface area contributed by atoms with E-state index in [4.69, 9.17) is 9.84 Å². The van der Waals surface area contributed by atoms with Gasteiger partial charge >= 0.3 is 17.6 Å². The number of rotatable bonds is 5. The maximum atomic E-state index is 12.2. The average Bonchev–Trinajstić information content (AvgIpc) is 2.42. The maximum Gasteiger partial charge on any atom is 0.330 e. The number of nitrogens with zero attached hydrogens (tertiary/aromatic N) is 2. The summed E-state index contributed by atoms with van der Waals surface area (Å²) >= 11 is 0. The van der Waals surface area contributed by atoms with Crippen molar-refractivity contribution in [1.29, 1.82) is 0 Å². The van der Waals surface area contributed by atoms with Crippen molar-refractivity contribution in [2.24, 2.45) is 14.1 Å². The SMILES string of the molecule is CCOC(=O)C(CC(=O)O)c1c(C)n(C)c(=O)n(C)c1=O. The van der Waals surface area contributed by atoms with Gasteiger partial charge in [-0.3, -0.25) is 19.0 Å². The largest absolute Gasteiger partial charge is 0.481 e. The number of ether oxygens (including phenoxy) is 1. The number of aliphatic carboxylic acids is 1. The summed E-state index contributed by atoms with van der Waals surface area (Å²) in [5.74, 6) is -3.27. The Balaban J connectivity index is 3.59. The highest BCUT2D eigenvalue weighted by molar-refractivity contribution is 5.84. The maximum absolute atomic E-state index is 12.2. The van der Waals surface area contributed by atoms with Gasteiger partial charge in [-0.05, 0) is 13.8 Å². The van der Waals surface area contributed by atoms with Gasteiger partial charge in [-0.15, -0.1) is 0 Å². The summed E-state index contributed by atoms with van der Waals surface area (Å²) in [5, 5.41) is 8.95. The smallest absolute Gasteiger partial charge is 0.330 e. The number of esters is 1. The van der Waals surface area contributed by atoms with Crippen LogP contribution in [0.15, 0.2) is 9.59 Å². The molecule has 0 bridgehead atoms. The quantitative estimate of drug-likeness (QED) is 0.735. The molecule has 1 aromatic rings. The van der Waals surface area contributed by atoms with E-state index in [1.165, 1.54) is 25.6 Å². The summed E-state index contributed by atoms with van der Waals surface area (Å²) in [4.78, 5) is 47.0. The number of hydrogen-bond acceptors (Lipinski definition) is 5. The highest BCUT2D eigenvalue weighted by Crippen LogP contribution is 2.21. The van der Waals surface area contributed by atoms with Crippen LogP contribution in [-0.2, 0) is 28.4 Å². The number of carboxylic acids is 1. The van der Waals surface area contributed by atoms with E-state index < -0.39 is 35.5 Å². The zero-order valence-corrected chi connectivity index (χ0v) is 12.4. The number of hydrogen-bond donors (Lipinski definition) is 1. The predicted molar refractivity (Wildman–Crippen MR) is 73.3 cm³/mol. The van der Waals surface area contributed by atoms with Crippen LogP contribution in [0, 0.1) is 6.92 Å². The molecule has 116 valence electrons. The van der Waals surface area contributed by atoms with Crippen molar-refractivity contribution in [2.75, 3.05) is 6.61 Å². The minimum Gasteiger partial charge on any atom is -0.481 e. The Bertz CT molecular complexity index is 685. The van der Waals surface area contributed by atoms with E-state index in [2.05, 4.69) is 0 Å². The van der Waals surface area contributed by atoms with Crippen LogP contribution in [0.1, 0.15) is 30.5 Å². The van der Waals surface area contributed by atoms with Crippen molar-refractivity contribution >= 4 is 11.9 Å². The van der Waals surface area contributed by atoms with Gasteiger partial charge < -0.3 is 14.4 Å². The van der Waals surface area contributed by atoms with Crippen molar-refractivity contribution in [2.45, 2.75) is 26.2 Å². The minimum absolute atomic E-state index is 0.0274. The molecule has 0 radical (unpaired) electrons. The molecule has 1 aromatic heterocycles. The second-order valence-corrected chi connectivity index (χ2v) is 4.61. The van der Waals surface area contributed by atoms with Gasteiger partial charge in [0.05, 0.1) is 24.5 Å². The lowest BCUT2D eigenvalue weighted by Gasteiger charge is -2.18. The van der Waals surface area contributed by atoms with Crippen molar-refractivity contribution in [3.63, 3.8) is 0 Å². The highest BCUT2D eigenvalue weighted by atomic mass is 16.5. The molecule has 0 aliphatic rings. The Kier molecular flexibility index (Phi) is 5.07. The third-order valence-electron chi connectivity index (χ3n) is 3.30. The average molecular weight is 298 g/mol. The van der Waals surface area contributed by atoms with E-state index in [0.717, 1.165) is 4.57 Å². The van der Waals surface area contributed by atoms with Crippen LogP contribution in [-0.4, -0.2) is 32.8 Å². The number of carbonyl (C=O) groups excluding carboxylic acids is 1. The number of carbonyl (C=O) groups is 2. The van der Waals surface area contributed by atoms with Crippen molar-refractivity contribution in [1.82, 2.24) is 9.13 Å². The van der Waals surface area contributed by atoms with Crippen LogP contribution < -0.4 is 11.2 Å². The van der Waals surface area contributed by atoms with Crippen LogP contribution in [0.5, 0.6) is 0 Å². The molecule has 0 spiro atoms. The molecule has 0 aliphatic heterocycles. The van der Waals surface area contributed by atoms with Gasteiger partial charge in [-0.25, -0.2) is 4.79 Å². The Morgan fingerprint density at radius 3 is 2.29 bits per heavy atom. The Morgan fingerprint density at radius 2 is 1.81 bits per heavy atom. The third-order valence-corrected chi connectivity index (χ3v) is 3.30. The predicted octanol–water partition coefficient (Wildman–Crippen LogP) is -0.486. The fourth-order valence-corrected chi connectivity index (χ4v) is 2.09. The van der Waals surface area contributed by atoms with Gasteiger partial charge in [-0.1, -0.05) is 0 Å². The van der Waals surface area contributed by atoms with E-state index in [1.54, 1.807) is 6.92 Å². The molecule has 0 aliphatic carbocycles. The van der Waals surface area contributed by atoms with Crippen LogP contribution in [0.4, 0.5) is 0 Å². The molecule has 0 aromatic carbocycles. The second kappa shape index (κ2) is 6.38. The summed E-state index contributed by atoms with van der Waals surface area (Å²) in [6, 6.07) is 0. The van der Waals surface area contributed by atoms with E-state index in [9.17, 15) is 19.2 Å². The van der Waals surface area contributed by atoms with Gasteiger partial charge in [0, 0.05) is 19.8 Å². The third kappa shape index (κ3) is 3.21. The monoisotopic (exact) mass is 298 g/mol. The summed E-state index contributed by atoms with van der Waals surface area (Å²) < 4.78 is 6.88. The first-order valence-electron chi connectivity index (χ1n) is 6.37. The van der Waals surface area contributed by atoms with Gasteiger partial charge in [0.25, 0.3) is 5.56 Å².